The maximum absolute atomic E-state index is 11.6. The van der Waals surface area contributed by atoms with Gasteiger partial charge in [-0.05, 0) is 28.9 Å². The molecule has 0 saturated carbocycles. The first-order chi connectivity index (χ1) is 8.04. The van der Waals surface area contributed by atoms with Gasteiger partial charge in [0.05, 0.1) is 23.0 Å². The summed E-state index contributed by atoms with van der Waals surface area (Å²) >= 11 is 3.26. The maximum Gasteiger partial charge on any atom is 0.339 e. The second-order valence-corrected chi connectivity index (χ2v) is 4.31. The molecule has 0 atom stereocenters. The molecule has 5 nitrogen and oxygen atoms in total. The summed E-state index contributed by atoms with van der Waals surface area (Å²) < 4.78 is 5.53. The topological polar surface area (TPSA) is 54.8 Å². The smallest absolute Gasteiger partial charge is 0.339 e. The first-order valence-electron chi connectivity index (χ1n) is 5.08. The Balaban J connectivity index is 2.98. The number of hydrogen-bond acceptors (Lipinski definition) is 4. The number of ether oxygens (including phenoxy) is 1. The number of carbonyl (C=O) groups excluding carboxylic acids is 1. The Kier molecular flexibility index (Phi) is 5.09. The number of aromatic nitrogens is 1. The molecule has 1 rings (SSSR count). The van der Waals surface area contributed by atoms with E-state index in [1.54, 1.807) is 24.2 Å². The molecule has 0 spiro atoms. The second kappa shape index (κ2) is 6.34. The summed E-state index contributed by atoms with van der Waals surface area (Å²) in [5, 5.41) is 0. The first kappa shape index (κ1) is 13.6. The van der Waals surface area contributed by atoms with Crippen molar-refractivity contribution in [2.45, 2.75) is 6.92 Å². The monoisotopic (exact) mass is 299 g/mol. The molecule has 17 heavy (non-hydrogen) atoms. The van der Waals surface area contributed by atoms with E-state index in [2.05, 4.69) is 25.9 Å². The summed E-state index contributed by atoms with van der Waals surface area (Å²) in [6, 6.07) is 1.59. The molecule has 6 heteroatoms. The van der Waals surface area contributed by atoms with Crippen LogP contribution in [0.25, 0.3) is 0 Å². The van der Waals surface area contributed by atoms with E-state index in [0.29, 0.717) is 22.5 Å². The van der Waals surface area contributed by atoms with Crippen LogP contribution in [0.15, 0.2) is 21.7 Å². The van der Waals surface area contributed by atoms with Gasteiger partial charge in [-0.3, -0.25) is 0 Å². The van der Waals surface area contributed by atoms with E-state index in [-0.39, 0.29) is 5.97 Å². The number of aliphatic imine (C=N–C) groups is 1. The summed E-state index contributed by atoms with van der Waals surface area (Å²) in [5.41, 5.74) is 0.424. The average molecular weight is 300 g/mol. The zero-order chi connectivity index (χ0) is 12.8. The molecular weight excluding hydrogens is 286 g/mol. The molecule has 0 saturated heterocycles. The summed E-state index contributed by atoms with van der Waals surface area (Å²) in [6.45, 7) is 2.10. The highest BCUT2D eigenvalue weighted by molar-refractivity contribution is 9.10. The second-order valence-electron chi connectivity index (χ2n) is 3.45. The third-order valence-corrected chi connectivity index (χ3v) is 2.39. The molecule has 0 aromatic carbocycles. The standard InChI is InChI=1S/C11H14BrN3O2/c1-4-17-11(16)8-5-10(13-6-9(8)12)14-7-15(2)3/h5-7H,4H2,1-3H3. The van der Waals surface area contributed by atoms with Gasteiger partial charge in [0, 0.05) is 20.3 Å². The van der Waals surface area contributed by atoms with Gasteiger partial charge in [0.25, 0.3) is 0 Å². The summed E-state index contributed by atoms with van der Waals surface area (Å²) in [7, 11) is 3.71. The van der Waals surface area contributed by atoms with Crippen LogP contribution in [0, 0.1) is 0 Å². The Hall–Kier alpha value is -1.43. The van der Waals surface area contributed by atoms with Crippen molar-refractivity contribution >= 4 is 34.1 Å². The third kappa shape index (κ3) is 4.14. The fourth-order valence-corrected chi connectivity index (χ4v) is 1.42. The lowest BCUT2D eigenvalue weighted by atomic mass is 10.2. The first-order valence-corrected chi connectivity index (χ1v) is 5.87. The van der Waals surface area contributed by atoms with Gasteiger partial charge < -0.3 is 9.64 Å². The molecular formula is C11H14BrN3O2. The Bertz CT molecular complexity index is 433. The zero-order valence-electron chi connectivity index (χ0n) is 9.98. The Labute approximate surface area is 109 Å². The molecule has 1 heterocycles. The highest BCUT2D eigenvalue weighted by atomic mass is 79.9. The minimum absolute atomic E-state index is 0.337. The molecule has 0 N–H and O–H groups in total. The Morgan fingerprint density at radius 3 is 2.94 bits per heavy atom. The van der Waals surface area contributed by atoms with Crippen LogP contribution in [0.5, 0.6) is 0 Å². The largest absolute Gasteiger partial charge is 0.462 e. The van der Waals surface area contributed by atoms with E-state index < -0.39 is 0 Å². The summed E-state index contributed by atoms with van der Waals surface area (Å²) in [5.74, 6) is 0.0769. The number of hydrogen-bond donors (Lipinski definition) is 0. The minimum atomic E-state index is -0.386. The number of halogens is 1. The van der Waals surface area contributed by atoms with Crippen LogP contribution in [0.1, 0.15) is 17.3 Å². The normalized spacial score (nSPS) is 10.6. The van der Waals surface area contributed by atoms with Crippen molar-refractivity contribution < 1.29 is 9.53 Å². The van der Waals surface area contributed by atoms with Crippen LogP contribution < -0.4 is 0 Å². The van der Waals surface area contributed by atoms with E-state index in [0.717, 1.165) is 0 Å². The lowest BCUT2D eigenvalue weighted by Crippen LogP contribution is -2.08. The van der Waals surface area contributed by atoms with E-state index in [4.69, 9.17) is 4.74 Å². The van der Waals surface area contributed by atoms with Gasteiger partial charge in [-0.25, -0.2) is 14.8 Å². The molecule has 1 aromatic rings. The molecule has 0 bridgehead atoms. The van der Waals surface area contributed by atoms with E-state index in [1.165, 1.54) is 6.20 Å². The predicted octanol–water partition coefficient (Wildman–Crippen LogP) is 2.24. The summed E-state index contributed by atoms with van der Waals surface area (Å²) in [6.07, 6.45) is 3.15. The fraction of sp³-hybridized carbons (Fsp3) is 0.364. The van der Waals surface area contributed by atoms with Crippen LogP contribution in [0.4, 0.5) is 5.82 Å². The average Bonchev–Trinajstić information content (AvgIpc) is 2.28. The van der Waals surface area contributed by atoms with Crippen molar-refractivity contribution in [2.75, 3.05) is 20.7 Å². The van der Waals surface area contributed by atoms with Gasteiger partial charge >= 0.3 is 5.97 Å². The lowest BCUT2D eigenvalue weighted by molar-refractivity contribution is 0.0525. The van der Waals surface area contributed by atoms with Crippen LogP contribution in [0.2, 0.25) is 0 Å². The van der Waals surface area contributed by atoms with Crippen molar-refractivity contribution in [2.24, 2.45) is 4.99 Å². The molecule has 0 radical (unpaired) electrons. The van der Waals surface area contributed by atoms with Gasteiger partial charge in [0.2, 0.25) is 0 Å². The van der Waals surface area contributed by atoms with Gasteiger partial charge in [0.1, 0.15) is 0 Å². The number of nitrogens with zero attached hydrogens (tertiary/aromatic N) is 3. The van der Waals surface area contributed by atoms with Crippen molar-refractivity contribution in [3.63, 3.8) is 0 Å². The Morgan fingerprint density at radius 2 is 2.35 bits per heavy atom. The zero-order valence-corrected chi connectivity index (χ0v) is 11.6. The third-order valence-electron chi connectivity index (χ3n) is 1.76. The quantitative estimate of drug-likeness (QED) is 0.486. The van der Waals surface area contributed by atoms with Crippen molar-refractivity contribution in [1.29, 1.82) is 0 Å². The number of pyridine rings is 1. The molecule has 0 aliphatic heterocycles. The van der Waals surface area contributed by atoms with Crippen LogP contribution in [-0.4, -0.2) is 42.9 Å². The van der Waals surface area contributed by atoms with Crippen molar-refractivity contribution in [3.05, 3.63) is 22.3 Å². The van der Waals surface area contributed by atoms with Gasteiger partial charge in [0.15, 0.2) is 5.82 Å². The van der Waals surface area contributed by atoms with E-state index in [9.17, 15) is 4.79 Å². The van der Waals surface area contributed by atoms with E-state index in [1.807, 2.05) is 14.1 Å². The maximum atomic E-state index is 11.6. The van der Waals surface area contributed by atoms with Crippen LogP contribution >= 0.6 is 15.9 Å². The predicted molar refractivity (Wildman–Crippen MR) is 69.7 cm³/mol. The fourth-order valence-electron chi connectivity index (χ4n) is 1.04. The highest BCUT2D eigenvalue weighted by Gasteiger charge is 2.12. The van der Waals surface area contributed by atoms with E-state index >= 15 is 0 Å². The SMILES string of the molecule is CCOC(=O)c1cc(N=CN(C)C)ncc1Br. The van der Waals surface area contributed by atoms with Gasteiger partial charge in [-0.2, -0.15) is 0 Å². The number of rotatable bonds is 4. The number of carbonyl (C=O) groups is 1. The molecule has 1 aromatic heterocycles. The molecule has 0 amide bonds. The van der Waals surface area contributed by atoms with Crippen LogP contribution in [-0.2, 0) is 4.74 Å². The van der Waals surface area contributed by atoms with Crippen molar-refractivity contribution in [3.8, 4) is 0 Å². The minimum Gasteiger partial charge on any atom is -0.462 e. The van der Waals surface area contributed by atoms with Crippen LogP contribution in [0.3, 0.4) is 0 Å². The number of esters is 1. The van der Waals surface area contributed by atoms with Gasteiger partial charge in [-0.1, -0.05) is 0 Å². The van der Waals surface area contributed by atoms with Crippen molar-refractivity contribution in [1.82, 2.24) is 9.88 Å². The molecule has 0 fully saturated rings. The highest BCUT2D eigenvalue weighted by Crippen LogP contribution is 2.20. The Morgan fingerprint density at radius 1 is 1.65 bits per heavy atom. The molecule has 92 valence electrons. The van der Waals surface area contributed by atoms with Gasteiger partial charge in [-0.15, -0.1) is 0 Å². The molecule has 0 aliphatic carbocycles. The molecule has 0 unspecified atom stereocenters. The lowest BCUT2D eigenvalue weighted by Gasteiger charge is -2.05. The molecule has 0 aliphatic rings. The summed E-state index contributed by atoms with van der Waals surface area (Å²) in [4.78, 5) is 21.6.